The summed E-state index contributed by atoms with van der Waals surface area (Å²) in [5.74, 6) is 0.510. The molecule has 1 aromatic rings. The zero-order chi connectivity index (χ0) is 8.55. The number of rotatable bonds is 2. The van der Waals surface area contributed by atoms with E-state index in [-0.39, 0.29) is 0 Å². The lowest BCUT2D eigenvalue weighted by Gasteiger charge is -2.05. The van der Waals surface area contributed by atoms with Gasteiger partial charge in [-0.15, -0.1) is 0 Å². The van der Waals surface area contributed by atoms with Crippen LogP contribution in [-0.4, -0.2) is 22.2 Å². The Morgan fingerprint density at radius 1 is 1.42 bits per heavy atom. The molecule has 2 N–H and O–H groups in total. The van der Waals surface area contributed by atoms with Crippen molar-refractivity contribution in [3.8, 4) is 0 Å². The standard InChI is InChI=1S/C8H10BNO2/c11-9(12)8-3-4-10-5-7(8)6-1-2-6/h3-6,11-12H,1-2H2. The second-order valence-electron chi connectivity index (χ2n) is 3.15. The first-order valence-corrected chi connectivity index (χ1v) is 4.09. The van der Waals surface area contributed by atoms with Crippen LogP contribution in [0.2, 0.25) is 0 Å². The monoisotopic (exact) mass is 163 g/mol. The third-order valence-corrected chi connectivity index (χ3v) is 2.18. The van der Waals surface area contributed by atoms with Crippen molar-refractivity contribution in [2.75, 3.05) is 0 Å². The summed E-state index contributed by atoms with van der Waals surface area (Å²) in [4.78, 5) is 3.97. The molecule has 1 heterocycles. The largest absolute Gasteiger partial charge is 0.488 e. The van der Waals surface area contributed by atoms with Crippen molar-refractivity contribution in [1.29, 1.82) is 0 Å². The van der Waals surface area contributed by atoms with Gasteiger partial charge in [0.25, 0.3) is 0 Å². The lowest BCUT2D eigenvalue weighted by atomic mass is 9.77. The van der Waals surface area contributed by atoms with Crippen LogP contribution in [0.3, 0.4) is 0 Å². The van der Waals surface area contributed by atoms with Gasteiger partial charge in [-0.3, -0.25) is 4.98 Å². The van der Waals surface area contributed by atoms with Crippen LogP contribution in [0, 0.1) is 0 Å². The number of nitrogens with zero attached hydrogens (tertiary/aromatic N) is 1. The van der Waals surface area contributed by atoms with Crippen molar-refractivity contribution < 1.29 is 10.0 Å². The predicted molar refractivity (Wildman–Crippen MR) is 46.0 cm³/mol. The Morgan fingerprint density at radius 3 is 2.75 bits per heavy atom. The highest BCUT2D eigenvalue weighted by atomic mass is 16.4. The summed E-state index contributed by atoms with van der Waals surface area (Å²) in [5, 5.41) is 18.0. The van der Waals surface area contributed by atoms with Gasteiger partial charge in [0.2, 0.25) is 0 Å². The SMILES string of the molecule is OB(O)c1ccncc1C1CC1. The first kappa shape index (κ1) is 7.77. The van der Waals surface area contributed by atoms with Gasteiger partial charge in [-0.05, 0) is 35.9 Å². The first-order valence-electron chi connectivity index (χ1n) is 4.09. The van der Waals surface area contributed by atoms with E-state index in [1.54, 1.807) is 18.5 Å². The van der Waals surface area contributed by atoms with Gasteiger partial charge in [-0.25, -0.2) is 0 Å². The Bertz CT molecular complexity index is 265. The molecule has 1 fully saturated rings. The van der Waals surface area contributed by atoms with Gasteiger partial charge in [0.15, 0.2) is 0 Å². The molecule has 0 aromatic carbocycles. The third-order valence-electron chi connectivity index (χ3n) is 2.18. The molecule has 2 rings (SSSR count). The molecule has 0 amide bonds. The molecule has 12 heavy (non-hydrogen) atoms. The number of pyridine rings is 1. The fraction of sp³-hybridized carbons (Fsp3) is 0.375. The van der Waals surface area contributed by atoms with Gasteiger partial charge >= 0.3 is 7.12 Å². The highest BCUT2D eigenvalue weighted by molar-refractivity contribution is 6.59. The van der Waals surface area contributed by atoms with Gasteiger partial charge in [-0.2, -0.15) is 0 Å². The molecule has 0 bridgehead atoms. The smallest absolute Gasteiger partial charge is 0.423 e. The molecule has 0 radical (unpaired) electrons. The maximum atomic E-state index is 9.01. The van der Waals surface area contributed by atoms with Crippen LogP contribution in [0.4, 0.5) is 0 Å². The summed E-state index contributed by atoms with van der Waals surface area (Å²) >= 11 is 0. The third kappa shape index (κ3) is 1.35. The summed E-state index contributed by atoms with van der Waals surface area (Å²) in [6.45, 7) is 0. The molecular formula is C8H10BNO2. The summed E-state index contributed by atoms with van der Waals surface area (Å²) in [6, 6.07) is 1.66. The quantitative estimate of drug-likeness (QED) is 0.585. The number of hydrogen-bond acceptors (Lipinski definition) is 3. The molecule has 0 atom stereocenters. The van der Waals surface area contributed by atoms with Gasteiger partial charge in [-0.1, -0.05) is 0 Å². The normalized spacial score (nSPS) is 16.2. The topological polar surface area (TPSA) is 53.4 Å². The zero-order valence-electron chi connectivity index (χ0n) is 6.64. The van der Waals surface area contributed by atoms with Crippen LogP contribution in [0.5, 0.6) is 0 Å². The first-order chi connectivity index (χ1) is 5.79. The number of hydrogen-bond donors (Lipinski definition) is 2. The van der Waals surface area contributed by atoms with E-state index < -0.39 is 7.12 Å². The second-order valence-corrected chi connectivity index (χ2v) is 3.15. The lowest BCUT2D eigenvalue weighted by molar-refractivity contribution is 0.425. The Hall–Kier alpha value is -0.865. The van der Waals surface area contributed by atoms with Gasteiger partial charge in [0.1, 0.15) is 0 Å². The maximum Gasteiger partial charge on any atom is 0.488 e. The van der Waals surface area contributed by atoms with Crippen molar-refractivity contribution >= 4 is 12.6 Å². The van der Waals surface area contributed by atoms with Crippen molar-refractivity contribution in [2.24, 2.45) is 0 Å². The van der Waals surface area contributed by atoms with Crippen molar-refractivity contribution in [3.05, 3.63) is 24.0 Å². The average Bonchev–Trinajstić information content (AvgIpc) is 2.87. The Balaban J connectivity index is 2.36. The van der Waals surface area contributed by atoms with Gasteiger partial charge in [0, 0.05) is 12.4 Å². The Morgan fingerprint density at radius 2 is 2.17 bits per heavy atom. The minimum atomic E-state index is -1.36. The molecule has 0 spiro atoms. The zero-order valence-corrected chi connectivity index (χ0v) is 6.64. The molecule has 1 saturated carbocycles. The van der Waals surface area contributed by atoms with E-state index in [2.05, 4.69) is 4.98 Å². The lowest BCUT2D eigenvalue weighted by Crippen LogP contribution is -2.32. The van der Waals surface area contributed by atoms with E-state index in [0.29, 0.717) is 11.4 Å². The summed E-state index contributed by atoms with van der Waals surface area (Å²) < 4.78 is 0. The summed E-state index contributed by atoms with van der Waals surface area (Å²) in [5.41, 5.74) is 1.60. The Kier molecular flexibility index (Phi) is 1.86. The van der Waals surface area contributed by atoms with E-state index >= 15 is 0 Å². The van der Waals surface area contributed by atoms with Crippen molar-refractivity contribution in [3.63, 3.8) is 0 Å². The fourth-order valence-corrected chi connectivity index (χ4v) is 1.39. The van der Waals surface area contributed by atoms with Crippen molar-refractivity contribution in [1.82, 2.24) is 4.98 Å². The minimum absolute atomic E-state index is 0.510. The summed E-state index contributed by atoms with van der Waals surface area (Å²) in [7, 11) is -1.36. The molecule has 0 aliphatic heterocycles. The highest BCUT2D eigenvalue weighted by Gasteiger charge is 2.29. The average molecular weight is 163 g/mol. The van der Waals surface area contributed by atoms with Crippen LogP contribution in [-0.2, 0) is 0 Å². The summed E-state index contributed by atoms with van der Waals surface area (Å²) in [6.07, 6.45) is 5.60. The fourth-order valence-electron chi connectivity index (χ4n) is 1.39. The van der Waals surface area contributed by atoms with Gasteiger partial charge in [0.05, 0.1) is 0 Å². The van der Waals surface area contributed by atoms with Gasteiger partial charge < -0.3 is 10.0 Å². The molecule has 1 aromatic heterocycles. The molecule has 4 heteroatoms. The van der Waals surface area contributed by atoms with E-state index in [1.165, 1.54) is 0 Å². The van der Waals surface area contributed by atoms with Crippen LogP contribution < -0.4 is 5.46 Å². The van der Waals surface area contributed by atoms with Crippen LogP contribution >= 0.6 is 0 Å². The van der Waals surface area contributed by atoms with E-state index in [4.69, 9.17) is 10.0 Å². The van der Waals surface area contributed by atoms with E-state index in [1.807, 2.05) is 0 Å². The van der Waals surface area contributed by atoms with E-state index in [0.717, 1.165) is 18.4 Å². The molecule has 1 aliphatic carbocycles. The second kappa shape index (κ2) is 2.88. The molecule has 0 unspecified atom stereocenters. The van der Waals surface area contributed by atoms with Crippen LogP contribution in [0.15, 0.2) is 18.5 Å². The molecule has 1 aliphatic rings. The minimum Gasteiger partial charge on any atom is -0.423 e. The number of aromatic nitrogens is 1. The maximum absolute atomic E-state index is 9.01. The van der Waals surface area contributed by atoms with Crippen LogP contribution in [0.1, 0.15) is 24.3 Å². The van der Waals surface area contributed by atoms with Crippen molar-refractivity contribution in [2.45, 2.75) is 18.8 Å². The van der Waals surface area contributed by atoms with E-state index in [9.17, 15) is 0 Å². The molecular weight excluding hydrogens is 153 g/mol. The Labute approximate surface area is 71.2 Å². The molecule has 0 saturated heterocycles. The molecule has 3 nitrogen and oxygen atoms in total. The highest BCUT2D eigenvalue weighted by Crippen LogP contribution is 2.38. The predicted octanol–water partition coefficient (Wildman–Crippen LogP) is -0.361. The molecule has 62 valence electrons. The van der Waals surface area contributed by atoms with Crippen LogP contribution in [0.25, 0.3) is 0 Å².